The van der Waals surface area contributed by atoms with E-state index >= 15 is 0 Å². The Hall–Kier alpha value is -0.790. The molecular weight excluding hydrogens is 114 g/mol. The summed E-state index contributed by atoms with van der Waals surface area (Å²) in [5.74, 6) is -0.174. The number of amides is 1. The van der Waals surface area contributed by atoms with E-state index in [4.69, 9.17) is 5.73 Å². The molecule has 0 aliphatic carbocycles. The van der Waals surface area contributed by atoms with E-state index in [0.29, 0.717) is 0 Å². The van der Waals surface area contributed by atoms with E-state index < -0.39 is 0 Å². The van der Waals surface area contributed by atoms with Gasteiger partial charge in [-0.2, -0.15) is 0 Å². The molecule has 0 heterocycles. The minimum absolute atomic E-state index is 0.0949. The van der Waals surface area contributed by atoms with Crippen LogP contribution in [0.15, 0.2) is 12.7 Å². The van der Waals surface area contributed by atoms with Gasteiger partial charge in [0.25, 0.3) is 0 Å². The van der Waals surface area contributed by atoms with Crippen LogP contribution in [0.1, 0.15) is 13.8 Å². The van der Waals surface area contributed by atoms with Crippen molar-refractivity contribution in [1.29, 1.82) is 0 Å². The van der Waals surface area contributed by atoms with Gasteiger partial charge in [0.2, 0.25) is 5.91 Å². The number of allylic oxidation sites excluding steroid dienone is 1. The summed E-state index contributed by atoms with van der Waals surface area (Å²) in [5, 5.41) is 0. The lowest BCUT2D eigenvalue weighted by molar-refractivity contribution is -0.122. The highest BCUT2D eigenvalue weighted by Gasteiger charge is 2.13. The second kappa shape index (κ2) is 3.28. The predicted molar refractivity (Wildman–Crippen MR) is 37.7 cm³/mol. The average Bonchev–Trinajstić information content (AvgIpc) is 1.84. The molecule has 0 aliphatic heterocycles. The van der Waals surface area contributed by atoms with Crippen LogP contribution in [-0.2, 0) is 4.79 Å². The SMILES string of the molecule is C=CC(C)C(C)C(N)=O. The first-order chi connectivity index (χ1) is 4.09. The van der Waals surface area contributed by atoms with E-state index in [1.54, 1.807) is 13.0 Å². The molecule has 2 atom stereocenters. The third-order valence-electron chi connectivity index (χ3n) is 1.61. The van der Waals surface area contributed by atoms with Gasteiger partial charge in [0.05, 0.1) is 0 Å². The Morgan fingerprint density at radius 3 is 2.22 bits per heavy atom. The molecule has 0 saturated heterocycles. The van der Waals surface area contributed by atoms with E-state index in [1.807, 2.05) is 6.92 Å². The van der Waals surface area contributed by atoms with Crippen molar-refractivity contribution in [1.82, 2.24) is 0 Å². The Balaban J connectivity index is 3.86. The summed E-state index contributed by atoms with van der Waals surface area (Å²) in [6, 6.07) is 0. The van der Waals surface area contributed by atoms with Crippen LogP contribution in [0.2, 0.25) is 0 Å². The molecule has 2 heteroatoms. The molecule has 0 aromatic carbocycles. The Morgan fingerprint density at radius 1 is 1.67 bits per heavy atom. The van der Waals surface area contributed by atoms with Crippen LogP contribution < -0.4 is 5.73 Å². The zero-order valence-corrected chi connectivity index (χ0v) is 5.92. The number of hydrogen-bond acceptors (Lipinski definition) is 1. The van der Waals surface area contributed by atoms with Crippen LogP contribution in [0.3, 0.4) is 0 Å². The van der Waals surface area contributed by atoms with Crippen molar-refractivity contribution in [3.63, 3.8) is 0 Å². The van der Waals surface area contributed by atoms with Crippen molar-refractivity contribution in [2.24, 2.45) is 17.6 Å². The molecule has 0 fully saturated rings. The highest BCUT2D eigenvalue weighted by Crippen LogP contribution is 2.09. The van der Waals surface area contributed by atoms with Gasteiger partial charge in [-0.3, -0.25) is 4.79 Å². The Labute approximate surface area is 55.7 Å². The van der Waals surface area contributed by atoms with Gasteiger partial charge in [0, 0.05) is 5.92 Å². The lowest BCUT2D eigenvalue weighted by Crippen LogP contribution is -2.24. The second-order valence-corrected chi connectivity index (χ2v) is 2.29. The summed E-state index contributed by atoms with van der Waals surface area (Å²) < 4.78 is 0. The predicted octanol–water partition coefficient (Wildman–Crippen LogP) is 0.930. The smallest absolute Gasteiger partial charge is 0.220 e. The van der Waals surface area contributed by atoms with Crippen molar-refractivity contribution in [2.45, 2.75) is 13.8 Å². The molecule has 1 amide bonds. The Kier molecular flexibility index (Phi) is 2.99. The largest absolute Gasteiger partial charge is 0.369 e. The molecule has 2 unspecified atom stereocenters. The summed E-state index contributed by atoms with van der Waals surface area (Å²) in [7, 11) is 0. The number of hydrogen-bond donors (Lipinski definition) is 1. The van der Waals surface area contributed by atoms with Gasteiger partial charge in [-0.25, -0.2) is 0 Å². The molecule has 0 aliphatic rings. The van der Waals surface area contributed by atoms with Gasteiger partial charge in [-0.05, 0) is 5.92 Å². The summed E-state index contributed by atoms with van der Waals surface area (Å²) in [4.78, 5) is 10.5. The first-order valence-corrected chi connectivity index (χ1v) is 3.01. The van der Waals surface area contributed by atoms with Crippen LogP contribution in [0, 0.1) is 11.8 Å². The number of nitrogens with two attached hydrogens (primary N) is 1. The number of carbonyl (C=O) groups excluding carboxylic acids is 1. The van der Waals surface area contributed by atoms with Crippen molar-refractivity contribution >= 4 is 5.91 Å². The van der Waals surface area contributed by atoms with Crippen molar-refractivity contribution in [3.05, 3.63) is 12.7 Å². The first-order valence-electron chi connectivity index (χ1n) is 3.01. The lowest BCUT2D eigenvalue weighted by atomic mass is 9.96. The molecule has 0 saturated carbocycles. The maximum absolute atomic E-state index is 10.5. The van der Waals surface area contributed by atoms with E-state index in [-0.39, 0.29) is 17.7 Å². The molecule has 2 nitrogen and oxygen atoms in total. The summed E-state index contributed by atoms with van der Waals surface area (Å²) in [5.41, 5.74) is 5.03. The van der Waals surface area contributed by atoms with Crippen molar-refractivity contribution in [3.8, 4) is 0 Å². The second-order valence-electron chi connectivity index (χ2n) is 2.29. The van der Waals surface area contributed by atoms with Gasteiger partial charge in [0.1, 0.15) is 0 Å². The van der Waals surface area contributed by atoms with E-state index in [2.05, 4.69) is 6.58 Å². The minimum Gasteiger partial charge on any atom is -0.369 e. The average molecular weight is 127 g/mol. The van der Waals surface area contributed by atoms with Crippen LogP contribution in [0.25, 0.3) is 0 Å². The zero-order chi connectivity index (χ0) is 7.44. The number of rotatable bonds is 3. The third-order valence-corrected chi connectivity index (χ3v) is 1.61. The summed E-state index contributed by atoms with van der Waals surface area (Å²) >= 11 is 0. The third kappa shape index (κ3) is 2.31. The fourth-order valence-electron chi connectivity index (χ4n) is 0.463. The van der Waals surface area contributed by atoms with Crippen molar-refractivity contribution < 1.29 is 4.79 Å². The number of carbonyl (C=O) groups is 1. The molecule has 52 valence electrons. The molecule has 0 aromatic heterocycles. The maximum atomic E-state index is 10.5. The molecule has 0 spiro atoms. The van der Waals surface area contributed by atoms with Gasteiger partial charge in [0.15, 0.2) is 0 Å². The van der Waals surface area contributed by atoms with Crippen LogP contribution >= 0.6 is 0 Å². The Morgan fingerprint density at radius 2 is 2.11 bits per heavy atom. The first kappa shape index (κ1) is 8.21. The normalized spacial score (nSPS) is 16.2. The molecule has 0 rings (SSSR count). The molecule has 0 aromatic rings. The molecule has 2 N–H and O–H groups in total. The molecule has 9 heavy (non-hydrogen) atoms. The van der Waals surface area contributed by atoms with Crippen molar-refractivity contribution in [2.75, 3.05) is 0 Å². The number of primary amides is 1. The quantitative estimate of drug-likeness (QED) is 0.563. The van der Waals surface area contributed by atoms with Gasteiger partial charge in [-0.15, -0.1) is 6.58 Å². The fourth-order valence-corrected chi connectivity index (χ4v) is 0.463. The highest BCUT2D eigenvalue weighted by molar-refractivity contribution is 5.76. The molecular formula is C7H13NO. The Bertz CT molecular complexity index is 120. The minimum atomic E-state index is -0.262. The lowest BCUT2D eigenvalue weighted by Gasteiger charge is -2.10. The van der Waals surface area contributed by atoms with E-state index in [0.717, 1.165) is 0 Å². The maximum Gasteiger partial charge on any atom is 0.220 e. The van der Waals surface area contributed by atoms with Crippen LogP contribution in [-0.4, -0.2) is 5.91 Å². The van der Waals surface area contributed by atoms with Crippen LogP contribution in [0.4, 0.5) is 0 Å². The van der Waals surface area contributed by atoms with Gasteiger partial charge >= 0.3 is 0 Å². The molecule has 0 bridgehead atoms. The van der Waals surface area contributed by atoms with Gasteiger partial charge in [-0.1, -0.05) is 19.9 Å². The summed E-state index contributed by atoms with van der Waals surface area (Å²) in [6.07, 6.45) is 1.73. The fraction of sp³-hybridized carbons (Fsp3) is 0.571. The monoisotopic (exact) mass is 127 g/mol. The summed E-state index contributed by atoms with van der Waals surface area (Å²) in [6.45, 7) is 7.28. The van der Waals surface area contributed by atoms with Crippen LogP contribution in [0.5, 0.6) is 0 Å². The standard InChI is InChI=1S/C7H13NO/c1-4-5(2)6(3)7(8)9/h4-6H,1H2,2-3H3,(H2,8,9). The molecule has 0 radical (unpaired) electrons. The van der Waals surface area contributed by atoms with E-state index in [9.17, 15) is 4.79 Å². The van der Waals surface area contributed by atoms with Gasteiger partial charge < -0.3 is 5.73 Å². The highest BCUT2D eigenvalue weighted by atomic mass is 16.1. The zero-order valence-electron chi connectivity index (χ0n) is 5.92. The topological polar surface area (TPSA) is 43.1 Å². The van der Waals surface area contributed by atoms with E-state index in [1.165, 1.54) is 0 Å².